The van der Waals surface area contributed by atoms with E-state index in [0.717, 1.165) is 0 Å². The number of aliphatic hydroxyl groups is 3. The molecule has 0 amide bonds. The highest BCUT2D eigenvalue weighted by molar-refractivity contribution is 5.79. The number of carbonyl (C=O) groups excluding carboxylic acids is 1. The minimum absolute atomic E-state index is 0.182. The Balaban J connectivity index is 2.82. The molecule has 1 rings (SSSR count). The molecule has 1 aliphatic rings. The summed E-state index contributed by atoms with van der Waals surface area (Å²) in [6.45, 7) is 2.51. The van der Waals surface area contributed by atoms with Gasteiger partial charge in [0.05, 0.1) is 12.6 Å². The molecule has 1 aliphatic heterocycles. The lowest BCUT2D eigenvalue weighted by molar-refractivity contribution is -0.266. The Bertz CT molecular complexity index is 287. The van der Waals surface area contributed by atoms with E-state index < -0.39 is 43.4 Å². The first-order valence-corrected chi connectivity index (χ1v) is 5.88. The van der Waals surface area contributed by atoms with Crippen LogP contribution in [0.3, 0.4) is 0 Å². The summed E-state index contributed by atoms with van der Waals surface area (Å²) in [6, 6.07) is -0.676. The van der Waals surface area contributed by atoms with Gasteiger partial charge in [-0.2, -0.15) is 0 Å². The van der Waals surface area contributed by atoms with Crippen LogP contribution in [0.2, 0.25) is 0 Å². The Morgan fingerprint density at radius 3 is 2.56 bits per heavy atom. The highest BCUT2D eigenvalue weighted by Gasteiger charge is 2.45. The van der Waals surface area contributed by atoms with E-state index in [1.165, 1.54) is 6.92 Å². The maximum Gasteiger partial charge on any atom is 0.173 e. The van der Waals surface area contributed by atoms with E-state index in [1.54, 1.807) is 14.0 Å². The first-order chi connectivity index (χ1) is 8.42. The molecule has 18 heavy (non-hydrogen) atoms. The SMILES string of the molecule is CNC1C(O)OC(CO)C(O)C1OC(C)C(C)=O. The van der Waals surface area contributed by atoms with Gasteiger partial charge in [0.25, 0.3) is 0 Å². The number of hydrogen-bond acceptors (Lipinski definition) is 7. The predicted molar refractivity (Wildman–Crippen MR) is 61.8 cm³/mol. The summed E-state index contributed by atoms with van der Waals surface area (Å²) in [4.78, 5) is 11.2. The van der Waals surface area contributed by atoms with Crippen molar-refractivity contribution in [2.75, 3.05) is 13.7 Å². The standard InChI is InChI=1S/C11H21NO6/c1-5(14)6(2)17-10-8(12-3)11(16)18-7(4-13)9(10)15/h6-13,15-16H,4H2,1-3H3. The lowest BCUT2D eigenvalue weighted by Gasteiger charge is -2.42. The van der Waals surface area contributed by atoms with Gasteiger partial charge in [-0.25, -0.2) is 0 Å². The van der Waals surface area contributed by atoms with Gasteiger partial charge in [-0.05, 0) is 20.9 Å². The van der Waals surface area contributed by atoms with Crippen LogP contribution in [0.15, 0.2) is 0 Å². The molecule has 7 heteroatoms. The zero-order valence-electron chi connectivity index (χ0n) is 10.7. The summed E-state index contributed by atoms with van der Waals surface area (Å²) in [5, 5.41) is 31.6. The maximum absolute atomic E-state index is 11.2. The molecule has 0 bridgehead atoms. The van der Waals surface area contributed by atoms with Crippen molar-refractivity contribution in [2.24, 2.45) is 0 Å². The third-order valence-corrected chi connectivity index (χ3v) is 3.14. The summed E-state index contributed by atoms with van der Waals surface area (Å²) < 4.78 is 10.5. The first kappa shape index (κ1) is 15.5. The van der Waals surface area contributed by atoms with Crippen molar-refractivity contribution in [1.82, 2.24) is 5.32 Å². The summed E-state index contributed by atoms with van der Waals surface area (Å²) in [7, 11) is 1.58. The lowest BCUT2D eigenvalue weighted by Crippen LogP contribution is -2.64. The van der Waals surface area contributed by atoms with Crippen molar-refractivity contribution in [3.8, 4) is 0 Å². The molecule has 7 nitrogen and oxygen atoms in total. The van der Waals surface area contributed by atoms with E-state index in [-0.39, 0.29) is 5.78 Å². The van der Waals surface area contributed by atoms with Crippen LogP contribution < -0.4 is 5.32 Å². The first-order valence-electron chi connectivity index (χ1n) is 5.88. The monoisotopic (exact) mass is 263 g/mol. The van der Waals surface area contributed by atoms with E-state index in [1.807, 2.05) is 0 Å². The molecule has 0 aromatic carbocycles. The fourth-order valence-corrected chi connectivity index (χ4v) is 1.89. The fourth-order valence-electron chi connectivity index (χ4n) is 1.89. The van der Waals surface area contributed by atoms with Crippen LogP contribution in [0.25, 0.3) is 0 Å². The highest BCUT2D eigenvalue weighted by Crippen LogP contribution is 2.23. The number of nitrogens with one attached hydrogen (secondary N) is 1. The molecule has 4 N–H and O–H groups in total. The number of hydrogen-bond donors (Lipinski definition) is 4. The molecule has 1 saturated heterocycles. The Hall–Kier alpha value is -0.570. The normalized spacial score (nSPS) is 38.4. The zero-order valence-corrected chi connectivity index (χ0v) is 10.7. The van der Waals surface area contributed by atoms with Crippen molar-refractivity contribution in [2.45, 2.75) is 50.6 Å². The quantitative estimate of drug-likeness (QED) is 0.454. The van der Waals surface area contributed by atoms with E-state index in [0.29, 0.717) is 0 Å². The smallest absolute Gasteiger partial charge is 0.173 e. The minimum Gasteiger partial charge on any atom is -0.394 e. The van der Waals surface area contributed by atoms with E-state index in [4.69, 9.17) is 14.6 Å². The molecule has 1 fully saturated rings. The number of aliphatic hydroxyl groups excluding tert-OH is 3. The third-order valence-electron chi connectivity index (χ3n) is 3.14. The molecule has 0 spiro atoms. The fraction of sp³-hybridized carbons (Fsp3) is 0.909. The Morgan fingerprint density at radius 2 is 2.11 bits per heavy atom. The van der Waals surface area contributed by atoms with Gasteiger partial charge in [-0.15, -0.1) is 0 Å². The van der Waals surface area contributed by atoms with Crippen LogP contribution in [0, 0.1) is 0 Å². The van der Waals surface area contributed by atoms with Crippen LogP contribution in [-0.4, -0.2) is 71.5 Å². The van der Waals surface area contributed by atoms with E-state index >= 15 is 0 Å². The van der Waals surface area contributed by atoms with E-state index in [9.17, 15) is 15.0 Å². The van der Waals surface area contributed by atoms with Gasteiger partial charge in [0.1, 0.15) is 24.4 Å². The van der Waals surface area contributed by atoms with Crippen molar-refractivity contribution >= 4 is 5.78 Å². The average Bonchev–Trinajstić information content (AvgIpc) is 2.33. The summed E-state index contributed by atoms with van der Waals surface area (Å²) in [6.07, 6.45) is -4.83. The molecule has 0 aromatic heterocycles. The molecule has 0 radical (unpaired) electrons. The highest BCUT2D eigenvalue weighted by atomic mass is 16.6. The van der Waals surface area contributed by atoms with Crippen molar-refractivity contribution < 1.29 is 29.6 Å². The van der Waals surface area contributed by atoms with Crippen LogP contribution >= 0.6 is 0 Å². The van der Waals surface area contributed by atoms with Gasteiger partial charge >= 0.3 is 0 Å². The van der Waals surface area contributed by atoms with Crippen molar-refractivity contribution in [3.05, 3.63) is 0 Å². The Kier molecular flexibility index (Phi) is 5.64. The molecule has 0 saturated carbocycles. The second kappa shape index (κ2) is 6.55. The number of carbonyl (C=O) groups is 1. The Labute approximate surface area is 106 Å². The topological polar surface area (TPSA) is 108 Å². The van der Waals surface area contributed by atoms with Gasteiger partial charge in [0, 0.05) is 0 Å². The van der Waals surface area contributed by atoms with Gasteiger partial charge < -0.3 is 30.1 Å². The van der Waals surface area contributed by atoms with Crippen molar-refractivity contribution in [1.29, 1.82) is 0 Å². The molecule has 106 valence electrons. The van der Waals surface area contributed by atoms with Crippen molar-refractivity contribution in [3.63, 3.8) is 0 Å². The largest absolute Gasteiger partial charge is 0.394 e. The van der Waals surface area contributed by atoms with E-state index in [2.05, 4.69) is 5.32 Å². The summed E-state index contributed by atoms with van der Waals surface area (Å²) in [5.41, 5.74) is 0. The van der Waals surface area contributed by atoms with Crippen LogP contribution in [0.4, 0.5) is 0 Å². The van der Waals surface area contributed by atoms with Gasteiger partial charge in [-0.3, -0.25) is 4.79 Å². The number of ketones is 1. The van der Waals surface area contributed by atoms with Gasteiger partial charge in [-0.1, -0.05) is 0 Å². The second-order valence-electron chi connectivity index (χ2n) is 4.41. The number of rotatable bonds is 5. The molecule has 6 unspecified atom stereocenters. The minimum atomic E-state index is -1.22. The molecule has 0 aliphatic carbocycles. The molecular weight excluding hydrogens is 242 g/mol. The summed E-state index contributed by atoms with van der Waals surface area (Å²) in [5.74, 6) is -0.182. The average molecular weight is 263 g/mol. The Morgan fingerprint density at radius 1 is 1.50 bits per heavy atom. The zero-order chi connectivity index (χ0) is 13.9. The molecule has 6 atom stereocenters. The molecule has 1 heterocycles. The van der Waals surface area contributed by atoms with Crippen LogP contribution in [0.1, 0.15) is 13.8 Å². The van der Waals surface area contributed by atoms with Crippen LogP contribution in [0.5, 0.6) is 0 Å². The number of ether oxygens (including phenoxy) is 2. The maximum atomic E-state index is 11.2. The predicted octanol–water partition coefficient (Wildman–Crippen LogP) is -1.99. The molecule has 0 aromatic rings. The van der Waals surface area contributed by atoms with Gasteiger partial charge in [0.2, 0.25) is 0 Å². The molecular formula is C11H21NO6. The van der Waals surface area contributed by atoms with Crippen LogP contribution in [-0.2, 0) is 14.3 Å². The summed E-state index contributed by atoms with van der Waals surface area (Å²) >= 11 is 0. The van der Waals surface area contributed by atoms with Gasteiger partial charge in [0.15, 0.2) is 12.1 Å². The second-order valence-corrected chi connectivity index (χ2v) is 4.41. The lowest BCUT2D eigenvalue weighted by atomic mass is 9.96. The number of Topliss-reactive ketones (excluding diaryl/α,β-unsaturated/α-hetero) is 1. The third kappa shape index (κ3) is 3.25. The number of likely N-dealkylation sites (N-methyl/N-ethyl adjacent to an activating group) is 1.